The van der Waals surface area contributed by atoms with Crippen molar-refractivity contribution < 1.29 is 62.4 Å². The topological polar surface area (TPSA) is 252 Å². The number of aliphatic hydroxyl groups is 2. The molecule has 20 heteroatoms. The molecule has 0 fully saturated rings. The summed E-state index contributed by atoms with van der Waals surface area (Å²) in [6.45, 7) is 10.2. The summed E-state index contributed by atoms with van der Waals surface area (Å²) in [5.41, 5.74) is 17.7. The fraction of sp³-hybridized carbons (Fsp3) is 0.542. The summed E-state index contributed by atoms with van der Waals surface area (Å²) < 4.78 is 50.0. The third-order valence-electron chi connectivity index (χ3n) is 11.1. The second kappa shape index (κ2) is 29.5. The first-order chi connectivity index (χ1) is 33.5. The molecule has 2 atom stereocenters. The van der Waals surface area contributed by atoms with E-state index >= 15 is 0 Å². The minimum atomic E-state index is -1.00. The van der Waals surface area contributed by atoms with Crippen LogP contribution in [-0.4, -0.2) is 190 Å². The number of nitrogens with zero attached hydrogens (tertiary/aromatic N) is 2. The second-order valence-corrected chi connectivity index (χ2v) is 15.6. The van der Waals surface area contributed by atoms with Gasteiger partial charge in [-0.3, -0.25) is 9.59 Å². The SMILES string of the molecule is NCCOCCOCCOCCNc1ccc2c3c(cccc13)C(=O)N(NCCOCCOCCOCCNc1ccc3c4c(cccc14)C(O)N(CCOCCOCCOCCN)C3O)C2=O. The van der Waals surface area contributed by atoms with Gasteiger partial charge < -0.3 is 74.9 Å². The quantitative estimate of drug-likeness (QED) is 0.0252. The summed E-state index contributed by atoms with van der Waals surface area (Å²) in [7, 11) is 0. The monoisotopic (exact) mass is 951 g/mol. The summed E-state index contributed by atoms with van der Waals surface area (Å²) in [6.07, 6.45) is -2.00. The van der Waals surface area contributed by atoms with Crippen LogP contribution in [0.25, 0.3) is 21.5 Å². The number of nitrogens with one attached hydrogen (secondary N) is 3. The van der Waals surface area contributed by atoms with Crippen molar-refractivity contribution in [1.29, 1.82) is 0 Å². The van der Waals surface area contributed by atoms with E-state index in [1.54, 1.807) is 17.0 Å². The van der Waals surface area contributed by atoms with E-state index in [0.29, 0.717) is 162 Å². The highest BCUT2D eigenvalue weighted by molar-refractivity contribution is 6.26. The van der Waals surface area contributed by atoms with Crippen molar-refractivity contribution in [3.63, 3.8) is 0 Å². The fourth-order valence-corrected chi connectivity index (χ4v) is 7.88. The third kappa shape index (κ3) is 15.0. The van der Waals surface area contributed by atoms with Crippen molar-refractivity contribution in [2.45, 2.75) is 12.5 Å². The second-order valence-electron chi connectivity index (χ2n) is 15.6. The Morgan fingerprint density at radius 3 is 1.40 bits per heavy atom. The van der Waals surface area contributed by atoms with Gasteiger partial charge in [-0.25, -0.2) is 15.3 Å². The van der Waals surface area contributed by atoms with E-state index in [-0.39, 0.29) is 13.2 Å². The number of imide groups is 1. The van der Waals surface area contributed by atoms with Gasteiger partial charge in [0.1, 0.15) is 12.5 Å². The van der Waals surface area contributed by atoms with Crippen LogP contribution in [0.1, 0.15) is 44.3 Å². The molecule has 0 saturated heterocycles. The Hall–Kier alpha value is -4.46. The highest BCUT2D eigenvalue weighted by atomic mass is 16.6. The Balaban J connectivity index is 0.810. The summed E-state index contributed by atoms with van der Waals surface area (Å²) >= 11 is 0. The maximum absolute atomic E-state index is 13.5. The van der Waals surface area contributed by atoms with E-state index in [1.165, 1.54) is 0 Å². The number of amides is 2. The van der Waals surface area contributed by atoms with Crippen LogP contribution in [0.5, 0.6) is 0 Å². The molecule has 2 unspecified atom stereocenters. The molecule has 374 valence electrons. The number of anilines is 2. The zero-order chi connectivity index (χ0) is 47.8. The molecular formula is C48H69N7O13. The number of benzene rings is 4. The molecule has 20 nitrogen and oxygen atoms in total. The van der Waals surface area contributed by atoms with Gasteiger partial charge in [0.15, 0.2) is 0 Å². The molecule has 0 bridgehead atoms. The predicted octanol–water partition coefficient (Wildman–Crippen LogP) is 1.98. The van der Waals surface area contributed by atoms with Gasteiger partial charge in [0.25, 0.3) is 11.8 Å². The van der Waals surface area contributed by atoms with Crippen LogP contribution in [0.15, 0.2) is 60.7 Å². The van der Waals surface area contributed by atoms with Gasteiger partial charge in [0, 0.05) is 77.9 Å². The Morgan fingerprint density at radius 2 is 0.868 bits per heavy atom. The van der Waals surface area contributed by atoms with Gasteiger partial charge in [-0.15, -0.1) is 0 Å². The van der Waals surface area contributed by atoms with Crippen LogP contribution < -0.4 is 27.5 Å². The lowest BCUT2D eigenvalue weighted by Crippen LogP contribution is -2.50. The molecule has 0 radical (unpaired) electrons. The lowest BCUT2D eigenvalue weighted by molar-refractivity contribution is -0.120. The van der Waals surface area contributed by atoms with Crippen molar-refractivity contribution in [1.82, 2.24) is 15.3 Å². The number of hydrogen-bond donors (Lipinski definition) is 7. The van der Waals surface area contributed by atoms with Crippen LogP contribution >= 0.6 is 0 Å². The molecule has 2 amide bonds. The normalized spacial score (nSPS) is 15.9. The summed E-state index contributed by atoms with van der Waals surface area (Å²) in [6, 6.07) is 18.6. The number of aliphatic hydroxyl groups excluding tert-OH is 2. The summed E-state index contributed by atoms with van der Waals surface area (Å²) in [5.74, 6) is -0.850. The van der Waals surface area contributed by atoms with E-state index in [9.17, 15) is 19.8 Å². The lowest BCUT2D eigenvalue weighted by Gasteiger charge is -2.38. The molecule has 9 N–H and O–H groups in total. The smallest absolute Gasteiger partial charge is 0.275 e. The van der Waals surface area contributed by atoms with Gasteiger partial charge in [0.2, 0.25) is 0 Å². The number of rotatable bonds is 37. The first-order valence-electron chi connectivity index (χ1n) is 23.4. The number of carbonyl (C=O) groups excluding carboxylic acids is 2. The maximum atomic E-state index is 13.5. The van der Waals surface area contributed by atoms with Crippen LogP contribution in [-0.2, 0) is 42.6 Å². The lowest BCUT2D eigenvalue weighted by atomic mass is 9.92. The molecule has 68 heavy (non-hydrogen) atoms. The predicted molar refractivity (Wildman–Crippen MR) is 255 cm³/mol. The first kappa shape index (κ1) is 52.9. The Labute approximate surface area is 397 Å². The molecule has 2 aliphatic heterocycles. The summed E-state index contributed by atoms with van der Waals surface area (Å²) in [5, 5.41) is 33.5. The highest BCUT2D eigenvalue weighted by Crippen LogP contribution is 2.43. The maximum Gasteiger partial charge on any atom is 0.275 e. The van der Waals surface area contributed by atoms with Crippen LogP contribution in [0, 0.1) is 0 Å². The Kier molecular flexibility index (Phi) is 23.0. The molecule has 0 saturated carbocycles. The fourth-order valence-electron chi connectivity index (χ4n) is 7.88. The van der Waals surface area contributed by atoms with Gasteiger partial charge in [-0.1, -0.05) is 36.4 Å². The van der Waals surface area contributed by atoms with E-state index in [2.05, 4.69) is 16.1 Å². The molecule has 0 spiro atoms. The van der Waals surface area contributed by atoms with E-state index in [1.807, 2.05) is 48.5 Å². The van der Waals surface area contributed by atoms with E-state index < -0.39 is 24.3 Å². The highest BCUT2D eigenvalue weighted by Gasteiger charge is 2.35. The van der Waals surface area contributed by atoms with Crippen molar-refractivity contribution in [2.75, 3.05) is 169 Å². The number of hydrazine groups is 1. The molecule has 6 rings (SSSR count). The van der Waals surface area contributed by atoms with E-state index in [4.69, 9.17) is 54.1 Å². The Bertz CT molecular complexity index is 2110. The molecule has 2 heterocycles. The number of hydrogen-bond acceptors (Lipinski definition) is 19. The number of carbonyl (C=O) groups is 2. The molecule has 4 aromatic carbocycles. The molecular weight excluding hydrogens is 883 g/mol. The molecule has 0 aromatic heterocycles. The average molecular weight is 952 g/mol. The molecule has 2 aliphatic rings. The van der Waals surface area contributed by atoms with Crippen molar-refractivity contribution >= 4 is 44.7 Å². The van der Waals surface area contributed by atoms with Gasteiger partial charge in [-0.2, -0.15) is 0 Å². The minimum Gasteiger partial charge on any atom is -0.382 e. The van der Waals surface area contributed by atoms with Crippen molar-refractivity contribution in [2.24, 2.45) is 11.5 Å². The van der Waals surface area contributed by atoms with Crippen LogP contribution in [0.2, 0.25) is 0 Å². The van der Waals surface area contributed by atoms with E-state index in [0.717, 1.165) is 43.7 Å². The Morgan fingerprint density at radius 1 is 0.456 bits per heavy atom. The minimum absolute atomic E-state index is 0.241. The molecule has 4 aromatic rings. The van der Waals surface area contributed by atoms with Gasteiger partial charge in [-0.05, 0) is 29.7 Å². The molecule has 0 aliphatic carbocycles. The third-order valence-corrected chi connectivity index (χ3v) is 11.1. The standard InChI is InChI=1S/C48H69N7O13/c49-11-17-60-23-29-66-31-25-62-20-14-52-42-10-8-40-44-36(42)4-2-6-38(44)47(58)55(48(40)59)53-15-21-64-27-33-68-32-26-63-19-13-51-41-9-7-39-43-35(41)3-1-5-37(43)45(56)54(46(39)57)16-22-65-28-34-67-30-24-61-18-12-50/h1-10,45-46,51-53,56-57H,11-34,49-50H2. The first-order valence-corrected chi connectivity index (χ1v) is 23.4. The zero-order valence-corrected chi connectivity index (χ0v) is 38.8. The van der Waals surface area contributed by atoms with Gasteiger partial charge in [0.05, 0.1) is 130 Å². The number of nitrogens with two attached hydrogens (primary N) is 2. The van der Waals surface area contributed by atoms with Crippen molar-refractivity contribution in [3.05, 3.63) is 82.9 Å². The van der Waals surface area contributed by atoms with Gasteiger partial charge >= 0.3 is 0 Å². The summed E-state index contributed by atoms with van der Waals surface area (Å²) in [4.78, 5) is 28.5. The van der Waals surface area contributed by atoms with Crippen LogP contribution in [0.3, 0.4) is 0 Å². The average Bonchev–Trinajstić information content (AvgIpc) is 3.35. The van der Waals surface area contributed by atoms with Crippen molar-refractivity contribution in [3.8, 4) is 0 Å². The zero-order valence-electron chi connectivity index (χ0n) is 38.8. The van der Waals surface area contributed by atoms with Crippen LogP contribution in [0.4, 0.5) is 11.4 Å². The number of ether oxygens (including phenoxy) is 9. The largest absolute Gasteiger partial charge is 0.382 e.